The lowest BCUT2D eigenvalue weighted by molar-refractivity contribution is -0.116. The van der Waals surface area contributed by atoms with Crippen LogP contribution in [0.2, 0.25) is 0 Å². The van der Waals surface area contributed by atoms with Crippen molar-refractivity contribution in [1.82, 2.24) is 19.7 Å². The van der Waals surface area contributed by atoms with E-state index >= 15 is 0 Å². The molecule has 142 valence electrons. The highest BCUT2D eigenvalue weighted by atomic mass is 16.5. The monoisotopic (exact) mass is 375 g/mol. The van der Waals surface area contributed by atoms with Gasteiger partial charge in [0.15, 0.2) is 0 Å². The smallest absolute Gasteiger partial charge is 0.227 e. The Hall–Kier alpha value is -3.48. The Balaban J connectivity index is 1.42. The molecular weight excluding hydrogens is 354 g/mol. The van der Waals surface area contributed by atoms with Crippen molar-refractivity contribution in [2.45, 2.75) is 32.7 Å². The summed E-state index contributed by atoms with van der Waals surface area (Å²) in [6.45, 7) is 2.89. The van der Waals surface area contributed by atoms with E-state index in [0.717, 1.165) is 29.6 Å². The van der Waals surface area contributed by atoms with Gasteiger partial charge in [0.1, 0.15) is 0 Å². The quantitative estimate of drug-likeness (QED) is 0.526. The van der Waals surface area contributed by atoms with Crippen molar-refractivity contribution >= 4 is 22.9 Å². The normalized spacial score (nSPS) is 11.0. The van der Waals surface area contributed by atoms with Crippen LogP contribution in [0.4, 0.5) is 5.95 Å². The van der Waals surface area contributed by atoms with Gasteiger partial charge in [-0.3, -0.25) is 10.1 Å². The second-order valence-electron chi connectivity index (χ2n) is 6.50. The Morgan fingerprint density at radius 2 is 1.86 bits per heavy atom. The fraction of sp³-hybridized carbons (Fsp3) is 0.238. The number of imidazole rings is 1. The summed E-state index contributed by atoms with van der Waals surface area (Å²) in [5.74, 6) is 1.41. The Labute approximate surface area is 162 Å². The minimum absolute atomic E-state index is 0.132. The highest BCUT2D eigenvalue weighted by molar-refractivity contribution is 5.91. The van der Waals surface area contributed by atoms with Crippen LogP contribution in [-0.4, -0.2) is 25.6 Å². The molecule has 2 aromatic heterocycles. The van der Waals surface area contributed by atoms with E-state index < -0.39 is 0 Å². The molecule has 0 radical (unpaired) electrons. The molecule has 0 unspecified atom stereocenters. The zero-order chi connectivity index (χ0) is 19.3. The molecule has 0 aliphatic rings. The number of carbonyl (C=O) groups is 1. The molecular formula is C21H21N5O2. The second kappa shape index (κ2) is 8.04. The second-order valence-corrected chi connectivity index (χ2v) is 6.50. The van der Waals surface area contributed by atoms with Gasteiger partial charge in [-0.25, -0.2) is 4.98 Å². The minimum Gasteiger partial charge on any atom is -0.339 e. The summed E-state index contributed by atoms with van der Waals surface area (Å²) >= 11 is 0. The molecule has 0 atom stereocenters. The molecule has 2 heterocycles. The summed E-state index contributed by atoms with van der Waals surface area (Å²) in [6, 6.07) is 17.5. The van der Waals surface area contributed by atoms with Gasteiger partial charge in [0.25, 0.3) is 0 Å². The molecule has 0 aliphatic carbocycles. The van der Waals surface area contributed by atoms with Crippen molar-refractivity contribution in [3.63, 3.8) is 0 Å². The number of nitrogens with one attached hydrogen (secondary N) is 1. The SMILES string of the molecule is CCCn1c(NC(=O)CCc2nc(-c3ccccc3)no2)nc2ccccc21. The van der Waals surface area contributed by atoms with E-state index in [4.69, 9.17) is 4.52 Å². The molecule has 4 aromatic rings. The molecule has 1 N–H and O–H groups in total. The van der Waals surface area contributed by atoms with Crippen LogP contribution in [-0.2, 0) is 17.8 Å². The van der Waals surface area contributed by atoms with Gasteiger partial charge in [0.05, 0.1) is 11.0 Å². The number of carbonyl (C=O) groups excluding carboxylic acids is 1. The molecule has 0 saturated heterocycles. The van der Waals surface area contributed by atoms with Gasteiger partial charge < -0.3 is 9.09 Å². The van der Waals surface area contributed by atoms with Crippen molar-refractivity contribution in [1.29, 1.82) is 0 Å². The third kappa shape index (κ3) is 3.78. The molecule has 0 spiro atoms. The van der Waals surface area contributed by atoms with Gasteiger partial charge in [-0.05, 0) is 18.6 Å². The fourth-order valence-corrected chi connectivity index (χ4v) is 3.09. The van der Waals surface area contributed by atoms with Crippen molar-refractivity contribution in [3.8, 4) is 11.4 Å². The molecule has 0 saturated carbocycles. The number of amides is 1. The number of benzene rings is 2. The summed E-state index contributed by atoms with van der Waals surface area (Å²) in [4.78, 5) is 21.4. The van der Waals surface area contributed by atoms with Crippen molar-refractivity contribution in [2.24, 2.45) is 0 Å². The van der Waals surface area contributed by atoms with Crippen LogP contribution < -0.4 is 5.32 Å². The summed E-state index contributed by atoms with van der Waals surface area (Å²) in [5, 5.41) is 6.90. The topological polar surface area (TPSA) is 85.8 Å². The zero-order valence-corrected chi connectivity index (χ0v) is 15.6. The van der Waals surface area contributed by atoms with Gasteiger partial charge in [0, 0.05) is 24.9 Å². The Bertz CT molecular complexity index is 1080. The predicted octanol–water partition coefficient (Wildman–Crippen LogP) is 4.07. The molecule has 1 amide bonds. The standard InChI is InChI=1S/C21H21N5O2/c1-2-14-26-17-11-7-6-10-16(17)22-21(26)23-18(27)12-13-19-24-20(25-28-19)15-8-4-3-5-9-15/h3-11H,2,12-14H2,1H3,(H,22,23,27). The number of anilines is 1. The lowest BCUT2D eigenvalue weighted by Crippen LogP contribution is -2.16. The van der Waals surface area contributed by atoms with Crippen LogP contribution in [0.25, 0.3) is 22.4 Å². The fourth-order valence-electron chi connectivity index (χ4n) is 3.09. The summed E-state index contributed by atoms with van der Waals surface area (Å²) in [6.07, 6.45) is 1.57. The number of hydrogen-bond donors (Lipinski definition) is 1. The first-order valence-electron chi connectivity index (χ1n) is 9.37. The van der Waals surface area contributed by atoms with E-state index in [0.29, 0.717) is 24.1 Å². The van der Waals surface area contributed by atoms with E-state index in [1.807, 2.05) is 59.2 Å². The lowest BCUT2D eigenvalue weighted by atomic mass is 10.2. The number of aromatic nitrogens is 4. The summed E-state index contributed by atoms with van der Waals surface area (Å²) in [7, 11) is 0. The zero-order valence-electron chi connectivity index (χ0n) is 15.6. The van der Waals surface area contributed by atoms with Gasteiger partial charge in [0.2, 0.25) is 23.6 Å². The van der Waals surface area contributed by atoms with Crippen molar-refractivity contribution in [2.75, 3.05) is 5.32 Å². The van der Waals surface area contributed by atoms with Crippen LogP contribution in [0.5, 0.6) is 0 Å². The van der Waals surface area contributed by atoms with E-state index in [-0.39, 0.29) is 12.3 Å². The van der Waals surface area contributed by atoms with Crippen LogP contribution in [0.1, 0.15) is 25.7 Å². The number of hydrogen-bond acceptors (Lipinski definition) is 5. The molecule has 0 fully saturated rings. The maximum absolute atomic E-state index is 12.4. The summed E-state index contributed by atoms with van der Waals surface area (Å²) in [5.41, 5.74) is 2.77. The van der Waals surface area contributed by atoms with Crippen LogP contribution in [0.15, 0.2) is 59.1 Å². The average molecular weight is 375 g/mol. The van der Waals surface area contributed by atoms with E-state index in [2.05, 4.69) is 27.4 Å². The highest BCUT2D eigenvalue weighted by Crippen LogP contribution is 2.20. The Morgan fingerprint density at radius 1 is 1.07 bits per heavy atom. The van der Waals surface area contributed by atoms with Crippen LogP contribution in [0.3, 0.4) is 0 Å². The molecule has 4 rings (SSSR count). The third-order valence-corrected chi connectivity index (χ3v) is 4.42. The van der Waals surface area contributed by atoms with Gasteiger partial charge in [-0.15, -0.1) is 0 Å². The molecule has 0 aliphatic heterocycles. The number of para-hydroxylation sites is 2. The lowest BCUT2D eigenvalue weighted by Gasteiger charge is -2.08. The first kappa shape index (κ1) is 17.9. The van der Waals surface area contributed by atoms with Crippen LogP contribution >= 0.6 is 0 Å². The van der Waals surface area contributed by atoms with Crippen molar-refractivity contribution in [3.05, 3.63) is 60.5 Å². The van der Waals surface area contributed by atoms with E-state index in [1.54, 1.807) is 0 Å². The highest BCUT2D eigenvalue weighted by Gasteiger charge is 2.14. The Morgan fingerprint density at radius 3 is 2.68 bits per heavy atom. The first-order valence-corrected chi connectivity index (χ1v) is 9.37. The third-order valence-electron chi connectivity index (χ3n) is 4.42. The minimum atomic E-state index is -0.132. The molecule has 28 heavy (non-hydrogen) atoms. The molecule has 7 nitrogen and oxygen atoms in total. The van der Waals surface area contributed by atoms with Gasteiger partial charge in [-0.2, -0.15) is 4.98 Å². The predicted molar refractivity (Wildman–Crippen MR) is 107 cm³/mol. The number of aryl methyl sites for hydroxylation is 2. The maximum atomic E-state index is 12.4. The molecule has 7 heteroatoms. The molecule has 0 bridgehead atoms. The number of fused-ring (bicyclic) bond motifs is 1. The summed E-state index contributed by atoms with van der Waals surface area (Å²) < 4.78 is 7.30. The van der Waals surface area contributed by atoms with Gasteiger partial charge in [-0.1, -0.05) is 54.5 Å². The maximum Gasteiger partial charge on any atom is 0.227 e. The Kier molecular flexibility index (Phi) is 5.14. The molecule has 2 aromatic carbocycles. The van der Waals surface area contributed by atoms with E-state index in [1.165, 1.54) is 0 Å². The van der Waals surface area contributed by atoms with Crippen molar-refractivity contribution < 1.29 is 9.32 Å². The average Bonchev–Trinajstić information content (AvgIpc) is 3.33. The number of rotatable bonds is 7. The first-order chi connectivity index (χ1) is 13.7. The largest absolute Gasteiger partial charge is 0.339 e. The number of nitrogens with zero attached hydrogens (tertiary/aromatic N) is 4. The van der Waals surface area contributed by atoms with E-state index in [9.17, 15) is 4.79 Å². The van der Waals surface area contributed by atoms with Gasteiger partial charge >= 0.3 is 0 Å². The van der Waals surface area contributed by atoms with Crippen LogP contribution in [0, 0.1) is 0 Å².